The van der Waals surface area contributed by atoms with Gasteiger partial charge >= 0.3 is 0 Å². The number of hydrogen-bond acceptors (Lipinski definition) is 4. The lowest BCUT2D eigenvalue weighted by Crippen LogP contribution is -2.60. The highest BCUT2D eigenvalue weighted by molar-refractivity contribution is 7.99. The molecule has 0 aliphatic carbocycles. The minimum absolute atomic E-state index is 0.0486. The molecule has 2 heterocycles. The molecule has 1 N–H and O–H groups in total. The molecule has 0 spiro atoms. The molecule has 2 atom stereocenters. The van der Waals surface area contributed by atoms with Crippen molar-refractivity contribution in [3.63, 3.8) is 0 Å². The Bertz CT molecular complexity index is 254. The van der Waals surface area contributed by atoms with Gasteiger partial charge in [0.05, 0.1) is 0 Å². The van der Waals surface area contributed by atoms with Gasteiger partial charge in [0.15, 0.2) is 0 Å². The van der Waals surface area contributed by atoms with Gasteiger partial charge in [0.1, 0.15) is 6.04 Å². The molecule has 0 aromatic heterocycles. The highest BCUT2D eigenvalue weighted by Gasteiger charge is 2.35. The van der Waals surface area contributed by atoms with Crippen molar-refractivity contribution >= 4 is 17.7 Å². The first-order valence-electron chi connectivity index (χ1n) is 5.95. The van der Waals surface area contributed by atoms with Crippen molar-refractivity contribution in [2.45, 2.75) is 18.5 Å². The Morgan fingerprint density at radius 3 is 2.94 bits per heavy atom. The predicted molar refractivity (Wildman–Crippen MR) is 67.8 cm³/mol. The van der Waals surface area contributed by atoms with Crippen molar-refractivity contribution in [2.24, 2.45) is 0 Å². The Balaban J connectivity index is 2.04. The number of nitrogens with zero attached hydrogens (tertiary/aromatic N) is 2. The van der Waals surface area contributed by atoms with Gasteiger partial charge in [-0.05, 0) is 12.2 Å². The number of carbonyl (C=O) groups excluding carboxylic acids is 1. The summed E-state index contributed by atoms with van der Waals surface area (Å²) in [4.78, 5) is 16.2. The highest BCUT2D eigenvalue weighted by Crippen LogP contribution is 2.24. The quantitative estimate of drug-likeness (QED) is 0.732. The Kier molecular flexibility index (Phi) is 4.10. The number of nitrogens with one attached hydrogen (secondary N) is 1. The van der Waals surface area contributed by atoms with Crippen LogP contribution in [0.5, 0.6) is 0 Å². The van der Waals surface area contributed by atoms with Gasteiger partial charge in [-0.15, -0.1) is 0 Å². The number of piperazine rings is 1. The average molecular weight is 243 g/mol. The van der Waals surface area contributed by atoms with Crippen LogP contribution >= 0.6 is 11.8 Å². The Morgan fingerprint density at radius 2 is 2.31 bits per heavy atom. The van der Waals surface area contributed by atoms with E-state index in [9.17, 15) is 4.79 Å². The van der Waals surface area contributed by atoms with Gasteiger partial charge in [-0.2, -0.15) is 11.8 Å². The summed E-state index contributed by atoms with van der Waals surface area (Å²) in [6.07, 6.45) is 1.24. The maximum absolute atomic E-state index is 12.1. The predicted octanol–water partition coefficient (Wildman–Crippen LogP) is -0.146. The van der Waals surface area contributed by atoms with E-state index in [1.54, 1.807) is 4.90 Å². The number of rotatable bonds is 2. The third kappa shape index (κ3) is 2.52. The number of hydrogen-bond donors (Lipinski definition) is 1. The summed E-state index contributed by atoms with van der Waals surface area (Å²) in [6, 6.07) is 0.661. The van der Waals surface area contributed by atoms with Crippen molar-refractivity contribution < 1.29 is 4.79 Å². The molecule has 16 heavy (non-hydrogen) atoms. The summed E-state index contributed by atoms with van der Waals surface area (Å²) in [5.74, 6) is 2.68. The summed E-state index contributed by atoms with van der Waals surface area (Å²) < 4.78 is 0. The van der Waals surface area contributed by atoms with Crippen molar-refractivity contribution in [1.82, 2.24) is 15.1 Å². The van der Waals surface area contributed by atoms with Gasteiger partial charge in [-0.3, -0.25) is 9.69 Å². The first-order valence-corrected chi connectivity index (χ1v) is 7.11. The zero-order valence-corrected chi connectivity index (χ0v) is 10.9. The van der Waals surface area contributed by atoms with Crippen LogP contribution < -0.4 is 5.32 Å². The van der Waals surface area contributed by atoms with Crippen molar-refractivity contribution in [3.8, 4) is 0 Å². The van der Waals surface area contributed by atoms with Crippen LogP contribution in [-0.2, 0) is 4.79 Å². The van der Waals surface area contributed by atoms with E-state index in [2.05, 4.69) is 10.2 Å². The average Bonchev–Trinajstić information content (AvgIpc) is 2.81. The van der Waals surface area contributed by atoms with Gasteiger partial charge in [-0.1, -0.05) is 0 Å². The summed E-state index contributed by atoms with van der Waals surface area (Å²) in [7, 11) is 3.69. The normalized spacial score (nSPS) is 31.6. The van der Waals surface area contributed by atoms with Crippen LogP contribution in [0.2, 0.25) is 0 Å². The fraction of sp³-hybridized carbons (Fsp3) is 0.909. The standard InChI is InChI=1S/C11H21N3OS/c1-13(2)11(15)10-7-12-4-5-14(10)9-3-6-16-8-9/h9-10,12H,3-8H2,1-2H3. The number of amides is 1. The van der Waals surface area contributed by atoms with Crippen LogP contribution in [0.25, 0.3) is 0 Å². The summed E-state index contributed by atoms with van der Waals surface area (Å²) in [6.45, 7) is 2.83. The molecule has 92 valence electrons. The summed E-state index contributed by atoms with van der Waals surface area (Å²) in [5.41, 5.74) is 0. The minimum Gasteiger partial charge on any atom is -0.347 e. The number of thioether (sulfide) groups is 1. The molecular weight excluding hydrogens is 222 g/mol. The van der Waals surface area contributed by atoms with Gasteiger partial charge in [0, 0.05) is 45.5 Å². The van der Waals surface area contributed by atoms with Crippen LogP contribution in [0.3, 0.4) is 0 Å². The zero-order valence-electron chi connectivity index (χ0n) is 10.1. The second-order valence-electron chi connectivity index (χ2n) is 4.71. The fourth-order valence-electron chi connectivity index (χ4n) is 2.47. The fourth-order valence-corrected chi connectivity index (χ4v) is 3.70. The molecule has 0 radical (unpaired) electrons. The molecule has 0 saturated carbocycles. The van der Waals surface area contributed by atoms with Crippen molar-refractivity contribution in [1.29, 1.82) is 0 Å². The monoisotopic (exact) mass is 243 g/mol. The maximum Gasteiger partial charge on any atom is 0.240 e. The maximum atomic E-state index is 12.1. The number of likely N-dealkylation sites (N-methyl/N-ethyl adjacent to an activating group) is 1. The lowest BCUT2D eigenvalue weighted by Gasteiger charge is -2.39. The van der Waals surface area contributed by atoms with E-state index in [4.69, 9.17) is 0 Å². The van der Waals surface area contributed by atoms with Crippen LogP contribution in [0.4, 0.5) is 0 Å². The molecule has 5 heteroatoms. The molecule has 2 saturated heterocycles. The Morgan fingerprint density at radius 1 is 1.50 bits per heavy atom. The Hall–Kier alpha value is -0.260. The first-order chi connectivity index (χ1) is 7.70. The van der Waals surface area contributed by atoms with E-state index in [1.807, 2.05) is 25.9 Å². The SMILES string of the molecule is CN(C)C(=O)C1CNCCN1C1CCSC1. The molecule has 2 unspecified atom stereocenters. The molecule has 0 bridgehead atoms. The third-order valence-corrected chi connectivity index (χ3v) is 4.53. The lowest BCUT2D eigenvalue weighted by atomic mass is 10.1. The van der Waals surface area contributed by atoms with Gasteiger partial charge in [0.25, 0.3) is 0 Å². The summed E-state index contributed by atoms with van der Waals surface area (Å²) in [5, 5.41) is 3.33. The molecule has 2 fully saturated rings. The first kappa shape index (κ1) is 12.2. The lowest BCUT2D eigenvalue weighted by molar-refractivity contribution is -0.136. The second-order valence-corrected chi connectivity index (χ2v) is 5.86. The Labute approximate surface area is 102 Å². The summed E-state index contributed by atoms with van der Waals surface area (Å²) >= 11 is 2.01. The second kappa shape index (κ2) is 5.38. The van der Waals surface area contributed by atoms with Gasteiger partial charge in [-0.25, -0.2) is 0 Å². The molecular formula is C11H21N3OS. The third-order valence-electron chi connectivity index (χ3n) is 3.39. The largest absolute Gasteiger partial charge is 0.347 e. The minimum atomic E-state index is 0.0486. The molecule has 0 aromatic rings. The zero-order chi connectivity index (χ0) is 11.5. The molecule has 0 aromatic carbocycles. The van der Waals surface area contributed by atoms with E-state index >= 15 is 0 Å². The van der Waals surface area contributed by atoms with Crippen LogP contribution in [0.1, 0.15) is 6.42 Å². The van der Waals surface area contributed by atoms with Crippen molar-refractivity contribution in [3.05, 3.63) is 0 Å². The van der Waals surface area contributed by atoms with Crippen LogP contribution in [0.15, 0.2) is 0 Å². The molecule has 2 aliphatic rings. The van der Waals surface area contributed by atoms with E-state index in [1.165, 1.54) is 17.9 Å². The molecule has 4 nitrogen and oxygen atoms in total. The smallest absolute Gasteiger partial charge is 0.240 e. The van der Waals surface area contributed by atoms with Crippen LogP contribution in [0, 0.1) is 0 Å². The van der Waals surface area contributed by atoms with Gasteiger partial charge < -0.3 is 10.2 Å². The molecule has 2 aliphatic heterocycles. The van der Waals surface area contributed by atoms with Crippen LogP contribution in [-0.4, -0.2) is 73.0 Å². The van der Waals surface area contributed by atoms with E-state index in [0.717, 1.165) is 19.6 Å². The number of carbonyl (C=O) groups is 1. The highest BCUT2D eigenvalue weighted by atomic mass is 32.2. The topological polar surface area (TPSA) is 35.6 Å². The molecule has 2 rings (SSSR count). The van der Waals surface area contributed by atoms with E-state index in [0.29, 0.717) is 6.04 Å². The van der Waals surface area contributed by atoms with Crippen molar-refractivity contribution in [2.75, 3.05) is 45.2 Å². The van der Waals surface area contributed by atoms with E-state index < -0.39 is 0 Å². The van der Waals surface area contributed by atoms with Gasteiger partial charge in [0.2, 0.25) is 5.91 Å². The van der Waals surface area contributed by atoms with E-state index in [-0.39, 0.29) is 11.9 Å². The molecule has 1 amide bonds.